The SMILES string of the molecule is CC(C)OC(=O)N1CCCC(Nc2ncc3nc(Nc4c(F)cc(C#N)cc4Cl)n(C4CCC(C(N)=O)CC4)c3n2)C1. The molecule has 1 unspecified atom stereocenters. The van der Waals surface area contributed by atoms with Crippen LogP contribution in [-0.4, -0.2) is 61.7 Å². The van der Waals surface area contributed by atoms with E-state index in [9.17, 15) is 14.0 Å². The Balaban J connectivity index is 1.46. The number of likely N-dealkylation sites (tertiary alicyclic amines) is 1. The first kappa shape index (κ1) is 29.3. The molecule has 0 radical (unpaired) electrons. The Kier molecular flexibility index (Phi) is 8.63. The predicted molar refractivity (Wildman–Crippen MR) is 155 cm³/mol. The molecule has 2 aromatic heterocycles. The molecule has 2 amide bonds. The number of carbonyl (C=O) groups excluding carboxylic acids is 2. The molecule has 1 saturated carbocycles. The Hall–Kier alpha value is -4.18. The molecule has 3 heterocycles. The van der Waals surface area contributed by atoms with Crippen molar-refractivity contribution < 1.29 is 18.7 Å². The Morgan fingerprint density at radius 3 is 2.64 bits per heavy atom. The highest BCUT2D eigenvalue weighted by Gasteiger charge is 2.30. The summed E-state index contributed by atoms with van der Waals surface area (Å²) in [6, 6.07) is 4.19. The summed E-state index contributed by atoms with van der Waals surface area (Å²) in [6.45, 7) is 4.70. The van der Waals surface area contributed by atoms with Gasteiger partial charge in [0.15, 0.2) is 5.65 Å². The summed E-state index contributed by atoms with van der Waals surface area (Å²) in [4.78, 5) is 39.8. The van der Waals surface area contributed by atoms with Crippen molar-refractivity contribution in [3.05, 3.63) is 34.7 Å². The average Bonchev–Trinajstić information content (AvgIpc) is 3.31. The molecule has 1 atom stereocenters. The van der Waals surface area contributed by atoms with Gasteiger partial charge in [-0.15, -0.1) is 0 Å². The van der Waals surface area contributed by atoms with E-state index in [4.69, 9.17) is 32.3 Å². The quantitative estimate of drug-likeness (QED) is 0.344. The number of nitriles is 1. The monoisotopic (exact) mass is 597 g/mol. The Labute approximate surface area is 247 Å². The number of fused-ring (bicyclic) bond motifs is 1. The fraction of sp³-hybridized carbons (Fsp3) is 0.500. The molecule has 4 N–H and O–H groups in total. The number of anilines is 3. The third-order valence-corrected chi connectivity index (χ3v) is 7.95. The number of hydrogen-bond acceptors (Lipinski definition) is 9. The molecule has 2 fully saturated rings. The number of nitrogens with one attached hydrogen (secondary N) is 2. The van der Waals surface area contributed by atoms with E-state index in [1.54, 1.807) is 11.1 Å². The van der Waals surface area contributed by atoms with Gasteiger partial charge in [0.2, 0.25) is 17.8 Å². The third-order valence-electron chi connectivity index (χ3n) is 7.65. The lowest BCUT2D eigenvalue weighted by molar-refractivity contribution is -0.122. The van der Waals surface area contributed by atoms with Crippen LogP contribution in [0.5, 0.6) is 0 Å². The van der Waals surface area contributed by atoms with E-state index in [-0.39, 0.29) is 52.4 Å². The van der Waals surface area contributed by atoms with Crippen LogP contribution in [0, 0.1) is 23.1 Å². The number of hydrogen-bond donors (Lipinski definition) is 3. The van der Waals surface area contributed by atoms with Gasteiger partial charge in [-0.1, -0.05) is 11.6 Å². The molecule has 0 bridgehead atoms. The van der Waals surface area contributed by atoms with Gasteiger partial charge in [-0.25, -0.2) is 19.2 Å². The number of ether oxygens (including phenoxy) is 1. The number of benzene rings is 1. The fourth-order valence-electron chi connectivity index (χ4n) is 5.60. The van der Waals surface area contributed by atoms with E-state index in [2.05, 4.69) is 20.6 Å². The van der Waals surface area contributed by atoms with Crippen molar-refractivity contribution in [1.29, 1.82) is 5.26 Å². The summed E-state index contributed by atoms with van der Waals surface area (Å²) in [5.74, 6) is -0.540. The van der Waals surface area contributed by atoms with Crippen molar-refractivity contribution in [1.82, 2.24) is 24.4 Å². The molecule has 1 aromatic carbocycles. The van der Waals surface area contributed by atoms with Gasteiger partial charge in [-0.3, -0.25) is 9.36 Å². The standard InChI is InChI=1S/C28H33ClFN9O3/c1-15(2)42-28(41)38-9-3-4-18(14-38)34-26-33-13-22-25(37-26)39(19-7-5-17(6-8-19)24(32)40)27(35-22)36-23-20(29)10-16(12-31)11-21(23)30/h10-11,13,15,17-19H,3-9,14H2,1-2H3,(H2,32,40)(H,35,36)(H,33,34,37). The predicted octanol–water partition coefficient (Wildman–Crippen LogP) is 4.87. The number of primary amides is 1. The lowest BCUT2D eigenvalue weighted by Crippen LogP contribution is -2.46. The molecule has 14 heteroatoms. The van der Waals surface area contributed by atoms with Crippen LogP contribution in [0.15, 0.2) is 18.3 Å². The Morgan fingerprint density at radius 1 is 1.21 bits per heavy atom. The topological polar surface area (TPSA) is 164 Å². The van der Waals surface area contributed by atoms with E-state index in [1.165, 1.54) is 6.07 Å². The highest BCUT2D eigenvalue weighted by Crippen LogP contribution is 2.38. The summed E-state index contributed by atoms with van der Waals surface area (Å²) >= 11 is 6.33. The smallest absolute Gasteiger partial charge is 0.410 e. The molecular formula is C28H33ClFN9O3. The van der Waals surface area contributed by atoms with Crippen molar-refractivity contribution in [2.75, 3.05) is 23.7 Å². The normalized spacial score (nSPS) is 20.8. The van der Waals surface area contributed by atoms with Crippen LogP contribution < -0.4 is 16.4 Å². The number of halogens is 2. The van der Waals surface area contributed by atoms with Crippen LogP contribution in [0.2, 0.25) is 5.02 Å². The van der Waals surface area contributed by atoms with E-state index >= 15 is 0 Å². The van der Waals surface area contributed by atoms with E-state index < -0.39 is 5.82 Å². The lowest BCUT2D eigenvalue weighted by Gasteiger charge is -2.33. The zero-order chi connectivity index (χ0) is 30.0. The largest absolute Gasteiger partial charge is 0.447 e. The molecule has 42 heavy (non-hydrogen) atoms. The molecule has 1 aliphatic heterocycles. The van der Waals surface area contributed by atoms with Gasteiger partial charge in [0, 0.05) is 31.1 Å². The second-order valence-corrected chi connectivity index (χ2v) is 11.4. The van der Waals surface area contributed by atoms with E-state index in [0.29, 0.717) is 61.8 Å². The average molecular weight is 598 g/mol. The molecule has 12 nitrogen and oxygen atoms in total. The summed E-state index contributed by atoms with van der Waals surface area (Å²) in [6.07, 6.45) is 5.15. The second kappa shape index (κ2) is 12.4. The van der Waals surface area contributed by atoms with Crippen LogP contribution in [-0.2, 0) is 9.53 Å². The lowest BCUT2D eigenvalue weighted by atomic mass is 9.85. The van der Waals surface area contributed by atoms with Crippen LogP contribution in [0.25, 0.3) is 11.2 Å². The number of imidazole rings is 1. The number of amides is 2. The summed E-state index contributed by atoms with van der Waals surface area (Å²) < 4.78 is 22.2. The van der Waals surface area contributed by atoms with Gasteiger partial charge in [0.25, 0.3) is 0 Å². The summed E-state index contributed by atoms with van der Waals surface area (Å²) in [5.41, 5.74) is 6.65. The minimum absolute atomic E-state index is 0.0140. The molecule has 5 rings (SSSR count). The second-order valence-electron chi connectivity index (χ2n) is 11.0. The number of carbonyl (C=O) groups is 2. The number of rotatable bonds is 7. The summed E-state index contributed by atoms with van der Waals surface area (Å²) in [5, 5.41) is 15.6. The molecule has 1 saturated heterocycles. The van der Waals surface area contributed by atoms with Crippen molar-refractivity contribution in [2.24, 2.45) is 11.7 Å². The zero-order valence-corrected chi connectivity index (χ0v) is 24.2. The maximum Gasteiger partial charge on any atom is 0.410 e. The van der Waals surface area contributed by atoms with Crippen molar-refractivity contribution in [2.45, 2.75) is 70.6 Å². The first-order valence-electron chi connectivity index (χ1n) is 14.1. The number of nitrogens with zero attached hydrogens (tertiary/aromatic N) is 6. The molecule has 2 aliphatic rings. The van der Waals surface area contributed by atoms with E-state index in [0.717, 1.165) is 18.9 Å². The molecule has 0 spiro atoms. The molecule has 1 aliphatic carbocycles. The fourth-order valence-corrected chi connectivity index (χ4v) is 5.86. The minimum atomic E-state index is -0.693. The van der Waals surface area contributed by atoms with Gasteiger partial charge in [0.1, 0.15) is 11.3 Å². The molecule has 222 valence electrons. The van der Waals surface area contributed by atoms with Crippen LogP contribution in [0.3, 0.4) is 0 Å². The van der Waals surface area contributed by atoms with Crippen molar-refractivity contribution in [3.63, 3.8) is 0 Å². The Bertz CT molecular complexity index is 1510. The van der Waals surface area contributed by atoms with Crippen molar-refractivity contribution in [3.8, 4) is 6.07 Å². The van der Waals surface area contributed by atoms with Crippen LogP contribution in [0.1, 0.15) is 64.0 Å². The number of aromatic nitrogens is 4. The highest BCUT2D eigenvalue weighted by atomic mass is 35.5. The van der Waals surface area contributed by atoms with Gasteiger partial charge in [0.05, 0.1) is 34.6 Å². The third kappa shape index (κ3) is 6.33. The molecule has 3 aromatic rings. The van der Waals surface area contributed by atoms with Gasteiger partial charge < -0.3 is 26.0 Å². The maximum atomic E-state index is 15.0. The van der Waals surface area contributed by atoms with Gasteiger partial charge in [-0.2, -0.15) is 10.2 Å². The highest BCUT2D eigenvalue weighted by molar-refractivity contribution is 6.33. The minimum Gasteiger partial charge on any atom is -0.447 e. The van der Waals surface area contributed by atoms with E-state index in [1.807, 2.05) is 24.5 Å². The van der Waals surface area contributed by atoms with Crippen molar-refractivity contribution >= 4 is 52.3 Å². The zero-order valence-electron chi connectivity index (χ0n) is 23.4. The molecular weight excluding hydrogens is 565 g/mol. The van der Waals surface area contributed by atoms with Crippen LogP contribution >= 0.6 is 11.6 Å². The number of nitrogens with two attached hydrogens (primary N) is 1. The first-order valence-corrected chi connectivity index (χ1v) is 14.4. The summed E-state index contributed by atoms with van der Waals surface area (Å²) in [7, 11) is 0. The van der Waals surface area contributed by atoms with Crippen LogP contribution in [0.4, 0.5) is 26.8 Å². The van der Waals surface area contributed by atoms with Gasteiger partial charge >= 0.3 is 6.09 Å². The first-order chi connectivity index (χ1) is 20.1. The number of piperidine rings is 1. The Morgan fingerprint density at radius 2 is 1.98 bits per heavy atom. The van der Waals surface area contributed by atoms with Gasteiger partial charge in [-0.05, 0) is 64.5 Å². The maximum absolute atomic E-state index is 15.0.